The molecule has 0 aliphatic carbocycles. The summed E-state index contributed by atoms with van der Waals surface area (Å²) < 4.78 is 9.32. The van der Waals surface area contributed by atoms with Gasteiger partial charge in [-0.05, 0) is 36.4 Å². The summed E-state index contributed by atoms with van der Waals surface area (Å²) in [5.74, 6) is -1.23. The molecule has 0 saturated carbocycles. The van der Waals surface area contributed by atoms with Crippen LogP contribution in [0.2, 0.25) is 5.02 Å². The number of methoxy groups -OCH3 is 2. The minimum Gasteiger partial charge on any atom is -0.465 e. The number of hydrogen-bond donors (Lipinski definition) is 2. The van der Waals surface area contributed by atoms with Crippen molar-refractivity contribution in [3.63, 3.8) is 0 Å². The number of nitrogens with one attached hydrogen (secondary N) is 2. The number of benzene rings is 2. The van der Waals surface area contributed by atoms with Gasteiger partial charge in [-0.25, -0.2) is 9.59 Å². The molecule has 1 amide bonds. The number of hydrogen-bond acceptors (Lipinski definition) is 6. The van der Waals surface area contributed by atoms with Gasteiger partial charge in [-0.15, -0.1) is 0 Å². The fourth-order valence-corrected chi connectivity index (χ4v) is 2.44. The van der Waals surface area contributed by atoms with Gasteiger partial charge in [0.05, 0.1) is 36.1 Å². The average Bonchev–Trinajstić information content (AvgIpc) is 2.68. The zero-order valence-electron chi connectivity index (χ0n) is 14.9. The second kappa shape index (κ2) is 9.59. The molecule has 0 aliphatic rings. The van der Waals surface area contributed by atoms with Crippen LogP contribution in [0.1, 0.15) is 27.1 Å². The highest BCUT2D eigenvalue weighted by Crippen LogP contribution is 2.23. The molecular formula is C19H19ClN2O5. The van der Waals surface area contributed by atoms with Crippen molar-refractivity contribution in [1.82, 2.24) is 0 Å². The molecule has 0 radical (unpaired) electrons. The van der Waals surface area contributed by atoms with Crippen molar-refractivity contribution in [3.05, 3.63) is 58.6 Å². The van der Waals surface area contributed by atoms with E-state index in [0.717, 1.165) is 0 Å². The number of halogens is 1. The fourth-order valence-electron chi connectivity index (χ4n) is 2.27. The van der Waals surface area contributed by atoms with Crippen LogP contribution in [0.5, 0.6) is 0 Å². The lowest BCUT2D eigenvalue weighted by Gasteiger charge is -2.10. The molecule has 0 atom stereocenters. The van der Waals surface area contributed by atoms with Crippen molar-refractivity contribution >= 4 is 40.8 Å². The Hall–Kier alpha value is -3.06. The number of rotatable bonds is 7. The van der Waals surface area contributed by atoms with E-state index in [1.54, 1.807) is 24.3 Å². The molecule has 2 N–H and O–H groups in total. The van der Waals surface area contributed by atoms with Crippen LogP contribution in [0, 0.1) is 0 Å². The topological polar surface area (TPSA) is 93.7 Å². The SMILES string of the molecule is COC(=O)c1cccc(NCCC(=O)Nc2cc(C(=O)OC)ccc2Cl)c1. The third-order valence-corrected chi connectivity index (χ3v) is 3.96. The monoisotopic (exact) mass is 390 g/mol. The van der Waals surface area contributed by atoms with Gasteiger partial charge in [0.2, 0.25) is 5.91 Å². The standard InChI is InChI=1S/C19H19ClN2O5/c1-26-18(24)12-4-3-5-14(10-12)21-9-8-17(23)22-16-11-13(19(25)27-2)6-7-15(16)20/h3-7,10-11,21H,8-9H2,1-2H3,(H,22,23). The molecule has 0 fully saturated rings. The van der Waals surface area contributed by atoms with Crippen molar-refractivity contribution < 1.29 is 23.9 Å². The Bertz CT molecular complexity index is 854. The highest BCUT2D eigenvalue weighted by molar-refractivity contribution is 6.33. The Morgan fingerprint density at radius 3 is 2.30 bits per heavy atom. The van der Waals surface area contributed by atoms with E-state index in [1.807, 2.05) is 0 Å². The molecular weight excluding hydrogens is 372 g/mol. The van der Waals surface area contributed by atoms with Crippen LogP contribution >= 0.6 is 11.6 Å². The van der Waals surface area contributed by atoms with Gasteiger partial charge < -0.3 is 20.1 Å². The first-order valence-corrected chi connectivity index (χ1v) is 8.42. The fraction of sp³-hybridized carbons (Fsp3) is 0.211. The second-order valence-corrected chi connectivity index (χ2v) is 5.89. The smallest absolute Gasteiger partial charge is 0.337 e. The van der Waals surface area contributed by atoms with Crippen LogP contribution in [0.3, 0.4) is 0 Å². The Kier molecular flexibility index (Phi) is 7.19. The van der Waals surface area contributed by atoms with E-state index in [-0.39, 0.29) is 17.9 Å². The third kappa shape index (κ3) is 5.72. The molecule has 0 heterocycles. The van der Waals surface area contributed by atoms with Gasteiger partial charge in [-0.2, -0.15) is 0 Å². The lowest BCUT2D eigenvalue weighted by atomic mass is 10.2. The summed E-state index contributed by atoms with van der Waals surface area (Å²) in [5, 5.41) is 6.03. The highest BCUT2D eigenvalue weighted by Gasteiger charge is 2.11. The largest absolute Gasteiger partial charge is 0.465 e. The Morgan fingerprint density at radius 2 is 1.63 bits per heavy atom. The summed E-state index contributed by atoms with van der Waals surface area (Å²) in [5.41, 5.74) is 1.72. The molecule has 2 aromatic carbocycles. The minimum atomic E-state index is -0.519. The number of esters is 2. The van der Waals surface area contributed by atoms with E-state index in [4.69, 9.17) is 11.6 Å². The number of carbonyl (C=O) groups is 3. The first-order valence-electron chi connectivity index (χ1n) is 8.04. The quantitative estimate of drug-likeness (QED) is 0.704. The molecule has 0 aromatic heterocycles. The first-order chi connectivity index (χ1) is 12.9. The van der Waals surface area contributed by atoms with E-state index >= 15 is 0 Å². The average molecular weight is 391 g/mol. The number of amides is 1. The lowest BCUT2D eigenvalue weighted by molar-refractivity contribution is -0.115. The lowest BCUT2D eigenvalue weighted by Crippen LogP contribution is -2.17. The van der Waals surface area contributed by atoms with E-state index in [9.17, 15) is 14.4 Å². The maximum atomic E-state index is 12.1. The molecule has 0 aliphatic heterocycles. The summed E-state index contributed by atoms with van der Waals surface area (Å²) in [6.07, 6.45) is 0.154. The summed E-state index contributed by atoms with van der Waals surface area (Å²) in [6, 6.07) is 11.3. The van der Waals surface area contributed by atoms with Gasteiger partial charge in [-0.3, -0.25) is 4.79 Å². The maximum absolute atomic E-state index is 12.1. The summed E-state index contributed by atoms with van der Waals surface area (Å²) in [6.45, 7) is 0.338. The predicted octanol–water partition coefficient (Wildman–Crippen LogP) is 3.35. The summed E-state index contributed by atoms with van der Waals surface area (Å²) in [4.78, 5) is 35.2. The van der Waals surface area contributed by atoms with E-state index in [0.29, 0.717) is 28.5 Å². The van der Waals surface area contributed by atoms with Crippen molar-refractivity contribution in [2.24, 2.45) is 0 Å². The molecule has 2 aromatic rings. The zero-order chi connectivity index (χ0) is 19.8. The zero-order valence-corrected chi connectivity index (χ0v) is 15.6. The maximum Gasteiger partial charge on any atom is 0.337 e. The Labute approximate surface area is 161 Å². The molecule has 2 rings (SSSR count). The molecule has 0 bridgehead atoms. The minimum absolute atomic E-state index is 0.154. The van der Waals surface area contributed by atoms with Gasteiger partial charge in [0, 0.05) is 18.7 Å². The van der Waals surface area contributed by atoms with Crippen LogP contribution in [-0.4, -0.2) is 38.6 Å². The second-order valence-electron chi connectivity index (χ2n) is 5.48. The van der Waals surface area contributed by atoms with Crippen LogP contribution < -0.4 is 10.6 Å². The molecule has 0 spiro atoms. The first kappa shape index (κ1) is 20.3. The van der Waals surface area contributed by atoms with Crippen molar-refractivity contribution in [1.29, 1.82) is 0 Å². The van der Waals surface area contributed by atoms with E-state index in [1.165, 1.54) is 32.4 Å². The summed E-state index contributed by atoms with van der Waals surface area (Å²) in [7, 11) is 2.59. The molecule has 142 valence electrons. The Morgan fingerprint density at radius 1 is 0.963 bits per heavy atom. The van der Waals surface area contributed by atoms with Crippen molar-refractivity contribution in [2.45, 2.75) is 6.42 Å². The van der Waals surface area contributed by atoms with Gasteiger partial charge in [0.25, 0.3) is 0 Å². The van der Waals surface area contributed by atoms with Gasteiger partial charge in [0.1, 0.15) is 0 Å². The molecule has 7 nitrogen and oxygen atoms in total. The molecule has 0 saturated heterocycles. The number of anilines is 2. The van der Waals surface area contributed by atoms with Crippen LogP contribution in [0.15, 0.2) is 42.5 Å². The van der Waals surface area contributed by atoms with Gasteiger partial charge >= 0.3 is 11.9 Å². The summed E-state index contributed by atoms with van der Waals surface area (Å²) >= 11 is 6.05. The Balaban J connectivity index is 1.92. The number of carbonyl (C=O) groups excluding carboxylic acids is 3. The van der Waals surface area contributed by atoms with E-state index < -0.39 is 11.9 Å². The van der Waals surface area contributed by atoms with Gasteiger partial charge in [0.15, 0.2) is 0 Å². The van der Waals surface area contributed by atoms with Crippen molar-refractivity contribution in [2.75, 3.05) is 31.4 Å². The molecule has 0 unspecified atom stereocenters. The van der Waals surface area contributed by atoms with Crippen LogP contribution in [0.4, 0.5) is 11.4 Å². The third-order valence-electron chi connectivity index (χ3n) is 3.63. The highest BCUT2D eigenvalue weighted by atomic mass is 35.5. The van der Waals surface area contributed by atoms with E-state index in [2.05, 4.69) is 20.1 Å². The van der Waals surface area contributed by atoms with Crippen LogP contribution in [-0.2, 0) is 14.3 Å². The van der Waals surface area contributed by atoms with Crippen molar-refractivity contribution in [3.8, 4) is 0 Å². The molecule has 27 heavy (non-hydrogen) atoms. The van der Waals surface area contributed by atoms with Gasteiger partial charge in [-0.1, -0.05) is 17.7 Å². The van der Waals surface area contributed by atoms with Crippen LogP contribution in [0.25, 0.3) is 0 Å². The predicted molar refractivity (Wildman–Crippen MR) is 102 cm³/mol. The number of ether oxygens (including phenoxy) is 2. The molecule has 8 heteroatoms. The normalized spacial score (nSPS) is 10.0.